The number of anilines is 1. The SMILES string of the molecule is CCCCC1NCC(c2cccc(Cl)c2F)C1C(=O)Nc1cccc(Cl)c1. The van der Waals surface area contributed by atoms with Crippen LogP contribution in [0, 0.1) is 11.7 Å². The van der Waals surface area contributed by atoms with E-state index in [2.05, 4.69) is 17.6 Å². The summed E-state index contributed by atoms with van der Waals surface area (Å²) < 4.78 is 14.6. The summed E-state index contributed by atoms with van der Waals surface area (Å²) in [6.45, 7) is 2.66. The zero-order valence-corrected chi connectivity index (χ0v) is 16.7. The minimum absolute atomic E-state index is 0.00693. The van der Waals surface area contributed by atoms with Crippen molar-refractivity contribution in [2.75, 3.05) is 11.9 Å². The monoisotopic (exact) mass is 408 g/mol. The summed E-state index contributed by atoms with van der Waals surface area (Å²) in [6.07, 6.45) is 2.91. The molecule has 27 heavy (non-hydrogen) atoms. The molecular formula is C21H23Cl2FN2O. The van der Waals surface area contributed by atoms with Crippen molar-refractivity contribution in [2.24, 2.45) is 5.92 Å². The molecule has 1 aliphatic rings. The molecule has 0 saturated carbocycles. The number of halogens is 3. The Balaban J connectivity index is 1.88. The Labute approximate surface area is 169 Å². The van der Waals surface area contributed by atoms with Crippen molar-refractivity contribution in [3.8, 4) is 0 Å². The molecular weight excluding hydrogens is 386 g/mol. The molecule has 2 aromatic carbocycles. The van der Waals surface area contributed by atoms with E-state index in [-0.39, 0.29) is 28.8 Å². The first-order valence-electron chi connectivity index (χ1n) is 9.25. The average Bonchev–Trinajstić information content (AvgIpc) is 3.06. The summed E-state index contributed by atoms with van der Waals surface area (Å²) in [5.41, 5.74) is 1.12. The van der Waals surface area contributed by atoms with E-state index in [0.717, 1.165) is 19.3 Å². The standard InChI is InChI=1S/C21H23Cl2FN2O/c1-2-3-10-18-19(21(27)26-14-7-4-6-13(22)11-14)16(12-25-18)15-8-5-9-17(23)20(15)24/h4-9,11,16,18-19,25H,2-3,10,12H2,1H3,(H,26,27). The van der Waals surface area contributed by atoms with Crippen LogP contribution >= 0.6 is 23.2 Å². The van der Waals surface area contributed by atoms with Gasteiger partial charge in [0, 0.05) is 29.2 Å². The lowest BCUT2D eigenvalue weighted by atomic mass is 9.82. The van der Waals surface area contributed by atoms with E-state index in [9.17, 15) is 9.18 Å². The van der Waals surface area contributed by atoms with Gasteiger partial charge < -0.3 is 10.6 Å². The van der Waals surface area contributed by atoms with E-state index >= 15 is 0 Å². The van der Waals surface area contributed by atoms with Gasteiger partial charge in [-0.15, -0.1) is 0 Å². The number of carbonyl (C=O) groups is 1. The van der Waals surface area contributed by atoms with Gasteiger partial charge in [0.05, 0.1) is 10.9 Å². The third-order valence-corrected chi connectivity index (χ3v) is 5.64. The van der Waals surface area contributed by atoms with Crippen molar-refractivity contribution in [1.29, 1.82) is 0 Å². The number of hydrogen-bond donors (Lipinski definition) is 2. The van der Waals surface area contributed by atoms with E-state index in [1.54, 1.807) is 36.4 Å². The second kappa shape index (κ2) is 9.05. The molecule has 3 nitrogen and oxygen atoms in total. The van der Waals surface area contributed by atoms with Crippen LogP contribution in [0.15, 0.2) is 42.5 Å². The zero-order valence-electron chi connectivity index (χ0n) is 15.1. The smallest absolute Gasteiger partial charge is 0.229 e. The molecule has 1 aliphatic heterocycles. The molecule has 2 aromatic rings. The van der Waals surface area contributed by atoms with E-state index in [1.807, 2.05) is 0 Å². The fourth-order valence-electron chi connectivity index (χ4n) is 3.79. The fraction of sp³-hybridized carbons (Fsp3) is 0.381. The largest absolute Gasteiger partial charge is 0.326 e. The highest BCUT2D eigenvalue weighted by atomic mass is 35.5. The van der Waals surface area contributed by atoms with Crippen LogP contribution in [0.4, 0.5) is 10.1 Å². The molecule has 1 saturated heterocycles. The molecule has 1 amide bonds. The van der Waals surface area contributed by atoms with Crippen molar-refractivity contribution in [1.82, 2.24) is 5.32 Å². The van der Waals surface area contributed by atoms with Crippen LogP contribution in [-0.2, 0) is 4.79 Å². The van der Waals surface area contributed by atoms with Crippen LogP contribution in [0.1, 0.15) is 37.7 Å². The first-order chi connectivity index (χ1) is 13.0. The van der Waals surface area contributed by atoms with Gasteiger partial charge in [0.15, 0.2) is 0 Å². The molecule has 1 fully saturated rings. The summed E-state index contributed by atoms with van der Waals surface area (Å²) in [7, 11) is 0. The second-order valence-corrected chi connectivity index (χ2v) is 7.78. The van der Waals surface area contributed by atoms with Gasteiger partial charge in [-0.3, -0.25) is 4.79 Å². The van der Waals surface area contributed by atoms with E-state index in [1.165, 1.54) is 6.07 Å². The summed E-state index contributed by atoms with van der Waals surface area (Å²) in [4.78, 5) is 13.1. The summed E-state index contributed by atoms with van der Waals surface area (Å²) in [5, 5.41) is 7.00. The highest BCUT2D eigenvalue weighted by molar-refractivity contribution is 6.31. The minimum atomic E-state index is -0.442. The maximum atomic E-state index is 14.6. The summed E-state index contributed by atoms with van der Waals surface area (Å²) in [6, 6.07) is 12.0. The van der Waals surface area contributed by atoms with Crippen molar-refractivity contribution < 1.29 is 9.18 Å². The number of hydrogen-bond acceptors (Lipinski definition) is 2. The molecule has 0 spiro atoms. The number of benzene rings is 2. The lowest BCUT2D eigenvalue weighted by molar-refractivity contribution is -0.120. The predicted octanol–water partition coefficient (Wildman–Crippen LogP) is 5.63. The Morgan fingerprint density at radius 1 is 1.26 bits per heavy atom. The molecule has 144 valence electrons. The van der Waals surface area contributed by atoms with Crippen molar-refractivity contribution in [2.45, 2.75) is 38.1 Å². The van der Waals surface area contributed by atoms with Crippen molar-refractivity contribution in [3.63, 3.8) is 0 Å². The number of carbonyl (C=O) groups excluding carboxylic acids is 1. The van der Waals surface area contributed by atoms with Crippen LogP contribution in [-0.4, -0.2) is 18.5 Å². The van der Waals surface area contributed by atoms with Gasteiger partial charge >= 0.3 is 0 Å². The minimum Gasteiger partial charge on any atom is -0.326 e. The number of nitrogens with one attached hydrogen (secondary N) is 2. The maximum Gasteiger partial charge on any atom is 0.229 e. The lowest BCUT2D eigenvalue weighted by Gasteiger charge is -2.24. The number of rotatable bonds is 6. The van der Waals surface area contributed by atoms with Crippen LogP contribution < -0.4 is 10.6 Å². The van der Waals surface area contributed by atoms with Gasteiger partial charge in [0.1, 0.15) is 5.82 Å². The molecule has 3 rings (SSSR count). The highest BCUT2D eigenvalue weighted by Crippen LogP contribution is 2.37. The Morgan fingerprint density at radius 3 is 2.78 bits per heavy atom. The Kier molecular flexibility index (Phi) is 6.74. The van der Waals surface area contributed by atoms with Gasteiger partial charge in [0.2, 0.25) is 5.91 Å². The highest BCUT2D eigenvalue weighted by Gasteiger charge is 2.42. The van der Waals surface area contributed by atoms with Gasteiger partial charge in [-0.2, -0.15) is 0 Å². The molecule has 1 heterocycles. The number of unbranched alkanes of at least 4 members (excludes halogenated alkanes) is 1. The van der Waals surface area contributed by atoms with Crippen molar-refractivity contribution in [3.05, 3.63) is 63.9 Å². The van der Waals surface area contributed by atoms with Gasteiger partial charge in [-0.25, -0.2) is 4.39 Å². The first kappa shape index (κ1) is 20.1. The van der Waals surface area contributed by atoms with Gasteiger partial charge in [0.25, 0.3) is 0 Å². The van der Waals surface area contributed by atoms with E-state index < -0.39 is 5.82 Å². The molecule has 3 unspecified atom stereocenters. The van der Waals surface area contributed by atoms with E-state index in [0.29, 0.717) is 22.8 Å². The maximum absolute atomic E-state index is 14.6. The Bertz CT molecular complexity index is 815. The molecule has 3 atom stereocenters. The molecule has 0 aromatic heterocycles. The summed E-state index contributed by atoms with van der Waals surface area (Å²) >= 11 is 12.0. The van der Waals surface area contributed by atoms with Crippen LogP contribution in [0.3, 0.4) is 0 Å². The van der Waals surface area contributed by atoms with Crippen molar-refractivity contribution >= 4 is 34.8 Å². The zero-order chi connectivity index (χ0) is 19.4. The topological polar surface area (TPSA) is 41.1 Å². The third-order valence-electron chi connectivity index (χ3n) is 5.11. The van der Waals surface area contributed by atoms with Crippen LogP contribution in [0.5, 0.6) is 0 Å². The lowest BCUT2D eigenvalue weighted by Crippen LogP contribution is -2.36. The van der Waals surface area contributed by atoms with Crippen LogP contribution in [0.25, 0.3) is 0 Å². The molecule has 6 heteroatoms. The second-order valence-electron chi connectivity index (χ2n) is 6.93. The molecule has 0 bridgehead atoms. The van der Waals surface area contributed by atoms with E-state index in [4.69, 9.17) is 23.2 Å². The normalized spacial score (nSPS) is 22.0. The molecule has 2 N–H and O–H groups in total. The Hall–Kier alpha value is -1.62. The van der Waals surface area contributed by atoms with Gasteiger partial charge in [-0.1, -0.05) is 61.2 Å². The van der Waals surface area contributed by atoms with Crippen LogP contribution in [0.2, 0.25) is 10.0 Å². The quantitative estimate of drug-likeness (QED) is 0.649. The third kappa shape index (κ3) is 4.63. The average molecular weight is 409 g/mol. The fourth-order valence-corrected chi connectivity index (χ4v) is 4.16. The predicted molar refractivity (Wildman–Crippen MR) is 109 cm³/mol. The summed E-state index contributed by atoms with van der Waals surface area (Å²) in [5.74, 6) is -1.23. The molecule has 0 aliphatic carbocycles. The molecule has 0 radical (unpaired) electrons. The van der Waals surface area contributed by atoms with Gasteiger partial charge in [-0.05, 0) is 36.2 Å². The number of amides is 1. The Morgan fingerprint density at radius 2 is 2.04 bits per heavy atom. The first-order valence-corrected chi connectivity index (χ1v) is 10.0.